The van der Waals surface area contributed by atoms with Gasteiger partial charge in [-0.3, -0.25) is 9.69 Å². The lowest BCUT2D eigenvalue weighted by molar-refractivity contribution is 0.0746. The smallest absolute Gasteiger partial charge is 0.253 e. The van der Waals surface area contributed by atoms with Gasteiger partial charge in [0.15, 0.2) is 0 Å². The molecule has 0 atom stereocenters. The van der Waals surface area contributed by atoms with Crippen LogP contribution in [0.3, 0.4) is 0 Å². The standard InChI is InChI=1S/C24H31N3O/c1-19-7-5-10-23(20(19)2)26-13-15-27(16-14-26)24(28)22-9-6-8-21(17-22)18-25-11-3-4-12-25/h5-10,17H,3-4,11-16,18H2,1-2H3. The molecule has 0 aromatic heterocycles. The average molecular weight is 378 g/mol. The van der Waals surface area contributed by atoms with E-state index in [0.29, 0.717) is 0 Å². The SMILES string of the molecule is Cc1cccc(N2CCN(C(=O)c3cccc(CN4CCCC4)c3)CC2)c1C. The van der Waals surface area contributed by atoms with E-state index in [-0.39, 0.29) is 5.91 Å². The number of aryl methyl sites for hydroxylation is 1. The zero-order valence-corrected chi connectivity index (χ0v) is 17.2. The summed E-state index contributed by atoms with van der Waals surface area (Å²) in [5, 5.41) is 0. The Hall–Kier alpha value is -2.33. The number of likely N-dealkylation sites (tertiary alicyclic amines) is 1. The summed E-state index contributed by atoms with van der Waals surface area (Å²) in [4.78, 5) is 19.9. The second kappa shape index (κ2) is 8.36. The second-order valence-electron chi connectivity index (χ2n) is 8.18. The van der Waals surface area contributed by atoms with Gasteiger partial charge in [-0.15, -0.1) is 0 Å². The van der Waals surface area contributed by atoms with Crippen molar-refractivity contribution in [3.05, 3.63) is 64.7 Å². The molecule has 2 aromatic rings. The van der Waals surface area contributed by atoms with Gasteiger partial charge < -0.3 is 9.80 Å². The van der Waals surface area contributed by atoms with E-state index >= 15 is 0 Å². The largest absolute Gasteiger partial charge is 0.368 e. The first-order valence-corrected chi connectivity index (χ1v) is 10.5. The number of hydrogen-bond donors (Lipinski definition) is 0. The zero-order valence-electron chi connectivity index (χ0n) is 17.2. The Bertz CT molecular complexity index is 833. The van der Waals surface area contributed by atoms with Crippen LogP contribution < -0.4 is 4.90 Å². The molecule has 0 bridgehead atoms. The molecule has 0 radical (unpaired) electrons. The van der Waals surface area contributed by atoms with Gasteiger partial charge in [0.25, 0.3) is 5.91 Å². The molecule has 1 amide bonds. The summed E-state index contributed by atoms with van der Waals surface area (Å²) in [7, 11) is 0. The zero-order chi connectivity index (χ0) is 19.5. The molecule has 0 unspecified atom stereocenters. The van der Waals surface area contributed by atoms with Crippen molar-refractivity contribution in [2.24, 2.45) is 0 Å². The molecule has 2 aliphatic rings. The molecule has 2 aliphatic heterocycles. The summed E-state index contributed by atoms with van der Waals surface area (Å²) in [6.45, 7) is 11.0. The molecule has 2 fully saturated rings. The third kappa shape index (κ3) is 4.07. The predicted molar refractivity (Wildman–Crippen MR) is 115 cm³/mol. The molecular formula is C24H31N3O. The lowest BCUT2D eigenvalue weighted by Gasteiger charge is -2.37. The molecular weight excluding hydrogens is 346 g/mol. The van der Waals surface area contributed by atoms with Crippen LogP contribution in [0.4, 0.5) is 5.69 Å². The quantitative estimate of drug-likeness (QED) is 0.809. The van der Waals surface area contributed by atoms with Gasteiger partial charge in [0.2, 0.25) is 0 Å². The second-order valence-corrected chi connectivity index (χ2v) is 8.18. The Kier molecular flexibility index (Phi) is 5.67. The highest BCUT2D eigenvalue weighted by atomic mass is 16.2. The van der Waals surface area contributed by atoms with Crippen molar-refractivity contribution in [2.75, 3.05) is 44.2 Å². The Labute approximate surface area is 168 Å². The minimum Gasteiger partial charge on any atom is -0.368 e. The highest BCUT2D eigenvalue weighted by molar-refractivity contribution is 5.94. The number of carbonyl (C=O) groups is 1. The number of benzene rings is 2. The van der Waals surface area contributed by atoms with E-state index in [2.05, 4.69) is 54.0 Å². The van der Waals surface area contributed by atoms with Crippen molar-refractivity contribution < 1.29 is 4.79 Å². The summed E-state index contributed by atoms with van der Waals surface area (Å²) in [6.07, 6.45) is 2.59. The topological polar surface area (TPSA) is 26.8 Å². The van der Waals surface area contributed by atoms with Crippen LogP contribution >= 0.6 is 0 Å². The van der Waals surface area contributed by atoms with Gasteiger partial charge in [-0.05, 0) is 74.7 Å². The summed E-state index contributed by atoms with van der Waals surface area (Å²) >= 11 is 0. The van der Waals surface area contributed by atoms with E-state index in [9.17, 15) is 4.79 Å². The fourth-order valence-corrected chi connectivity index (χ4v) is 4.41. The van der Waals surface area contributed by atoms with Crippen molar-refractivity contribution >= 4 is 11.6 Å². The predicted octanol–water partition coefficient (Wildman–Crippen LogP) is 3.86. The van der Waals surface area contributed by atoms with E-state index in [4.69, 9.17) is 0 Å². The van der Waals surface area contributed by atoms with Crippen LogP contribution in [0.2, 0.25) is 0 Å². The Balaban J connectivity index is 1.39. The number of piperazine rings is 1. The molecule has 0 saturated carbocycles. The monoisotopic (exact) mass is 377 g/mol. The van der Waals surface area contributed by atoms with E-state index in [1.807, 2.05) is 17.0 Å². The van der Waals surface area contributed by atoms with Gasteiger partial charge in [0.1, 0.15) is 0 Å². The van der Waals surface area contributed by atoms with Crippen LogP contribution in [-0.4, -0.2) is 55.0 Å². The van der Waals surface area contributed by atoms with Crippen LogP contribution in [0, 0.1) is 13.8 Å². The van der Waals surface area contributed by atoms with Gasteiger partial charge in [-0.25, -0.2) is 0 Å². The van der Waals surface area contributed by atoms with Crippen molar-refractivity contribution in [1.29, 1.82) is 0 Å². The van der Waals surface area contributed by atoms with Gasteiger partial charge in [0.05, 0.1) is 0 Å². The third-order valence-electron chi connectivity index (χ3n) is 6.26. The Morgan fingerprint density at radius 2 is 1.61 bits per heavy atom. The molecule has 0 aliphatic carbocycles. The van der Waals surface area contributed by atoms with Gasteiger partial charge >= 0.3 is 0 Å². The molecule has 2 saturated heterocycles. The number of carbonyl (C=O) groups excluding carboxylic acids is 1. The van der Waals surface area contributed by atoms with Crippen LogP contribution in [-0.2, 0) is 6.54 Å². The highest BCUT2D eigenvalue weighted by Gasteiger charge is 2.23. The maximum Gasteiger partial charge on any atom is 0.253 e. The van der Waals surface area contributed by atoms with Crippen molar-refractivity contribution in [1.82, 2.24) is 9.80 Å². The first-order valence-electron chi connectivity index (χ1n) is 10.5. The minimum atomic E-state index is 0.170. The molecule has 148 valence electrons. The van der Waals surface area contributed by atoms with Crippen LogP contribution in [0.15, 0.2) is 42.5 Å². The summed E-state index contributed by atoms with van der Waals surface area (Å²) in [6, 6.07) is 14.7. The first-order chi connectivity index (χ1) is 13.6. The number of amides is 1. The van der Waals surface area contributed by atoms with E-state index in [0.717, 1.165) is 38.3 Å². The fourth-order valence-electron chi connectivity index (χ4n) is 4.41. The summed E-state index contributed by atoms with van der Waals surface area (Å²) in [5.41, 5.74) is 6.06. The van der Waals surface area contributed by atoms with E-state index in [1.54, 1.807) is 0 Å². The maximum absolute atomic E-state index is 13.0. The van der Waals surface area contributed by atoms with Gasteiger partial charge in [-0.2, -0.15) is 0 Å². The highest BCUT2D eigenvalue weighted by Crippen LogP contribution is 2.24. The Morgan fingerprint density at radius 1 is 0.893 bits per heavy atom. The maximum atomic E-state index is 13.0. The molecule has 4 rings (SSSR count). The molecule has 4 nitrogen and oxygen atoms in total. The van der Waals surface area contributed by atoms with Gasteiger partial charge in [-0.1, -0.05) is 24.3 Å². The molecule has 28 heavy (non-hydrogen) atoms. The van der Waals surface area contributed by atoms with Crippen molar-refractivity contribution in [2.45, 2.75) is 33.2 Å². The van der Waals surface area contributed by atoms with Crippen LogP contribution in [0.25, 0.3) is 0 Å². The third-order valence-corrected chi connectivity index (χ3v) is 6.26. The van der Waals surface area contributed by atoms with Gasteiger partial charge in [0, 0.05) is 44.0 Å². The summed E-state index contributed by atoms with van der Waals surface area (Å²) in [5.74, 6) is 0.170. The lowest BCUT2D eigenvalue weighted by Crippen LogP contribution is -2.49. The molecule has 0 N–H and O–H groups in total. The summed E-state index contributed by atoms with van der Waals surface area (Å²) < 4.78 is 0. The number of anilines is 1. The lowest BCUT2D eigenvalue weighted by atomic mass is 10.1. The molecule has 2 heterocycles. The molecule has 4 heteroatoms. The van der Waals surface area contributed by atoms with Crippen molar-refractivity contribution in [3.63, 3.8) is 0 Å². The van der Waals surface area contributed by atoms with Crippen molar-refractivity contribution in [3.8, 4) is 0 Å². The number of nitrogens with zero attached hydrogens (tertiary/aromatic N) is 3. The molecule has 0 spiro atoms. The normalized spacial score (nSPS) is 17.9. The number of hydrogen-bond acceptors (Lipinski definition) is 3. The van der Waals surface area contributed by atoms with E-state index in [1.165, 1.54) is 48.3 Å². The van der Waals surface area contributed by atoms with Crippen LogP contribution in [0.1, 0.15) is 39.9 Å². The number of rotatable bonds is 4. The van der Waals surface area contributed by atoms with E-state index < -0.39 is 0 Å². The minimum absolute atomic E-state index is 0.170. The molecule has 2 aromatic carbocycles. The Morgan fingerprint density at radius 3 is 2.36 bits per heavy atom. The van der Waals surface area contributed by atoms with Crippen LogP contribution in [0.5, 0.6) is 0 Å². The average Bonchev–Trinajstić information content (AvgIpc) is 3.23. The first kappa shape index (κ1) is 19.0. The fraction of sp³-hybridized carbons (Fsp3) is 0.458.